The number of nitrogens with zero attached hydrogens (tertiary/aromatic N) is 2. The van der Waals surface area contributed by atoms with Crippen LogP contribution >= 0.6 is 0 Å². The molecule has 90 valence electrons. The summed E-state index contributed by atoms with van der Waals surface area (Å²) in [6.07, 6.45) is 10.5. The van der Waals surface area contributed by atoms with E-state index >= 15 is 0 Å². The Balaban J connectivity index is 2.50. The summed E-state index contributed by atoms with van der Waals surface area (Å²) >= 11 is 0. The summed E-state index contributed by atoms with van der Waals surface area (Å²) in [5, 5.41) is 4.58. The summed E-state index contributed by atoms with van der Waals surface area (Å²) in [7, 11) is 0. The highest BCUT2D eigenvalue weighted by atomic mass is 15.3. The third-order valence-corrected chi connectivity index (χ3v) is 2.81. The van der Waals surface area contributed by atoms with E-state index in [-0.39, 0.29) is 0 Å². The van der Waals surface area contributed by atoms with E-state index in [1.165, 1.54) is 0 Å². The van der Waals surface area contributed by atoms with Crippen LogP contribution in [-0.2, 0) is 6.42 Å². The quantitative estimate of drug-likeness (QED) is 0.719. The van der Waals surface area contributed by atoms with E-state index < -0.39 is 0 Å². The molecule has 0 aliphatic rings. The van der Waals surface area contributed by atoms with Crippen LogP contribution in [0, 0.1) is 0 Å². The molecule has 0 aromatic carbocycles. The smallest absolute Gasteiger partial charge is 0.0662 e. The molecule has 0 unspecified atom stereocenters. The summed E-state index contributed by atoms with van der Waals surface area (Å²) in [4.78, 5) is 0. The zero-order valence-corrected chi connectivity index (χ0v) is 10.4. The van der Waals surface area contributed by atoms with Gasteiger partial charge in [0.2, 0.25) is 0 Å². The van der Waals surface area contributed by atoms with Gasteiger partial charge in [-0.15, -0.1) is 0 Å². The van der Waals surface area contributed by atoms with E-state index in [2.05, 4.69) is 48.0 Å². The average molecular weight is 221 g/mol. The maximum Gasteiger partial charge on any atom is 0.0662 e. The monoisotopic (exact) mass is 221 g/mol. The van der Waals surface area contributed by atoms with Gasteiger partial charge in [-0.05, 0) is 31.9 Å². The van der Waals surface area contributed by atoms with E-state index in [1.807, 2.05) is 0 Å². The molecule has 1 heterocycles. The summed E-state index contributed by atoms with van der Waals surface area (Å²) in [6, 6.07) is 2.65. The standard InChI is InChI=1S/C13H23N3/c1-3-13(4-2)16-11-9-12(15-16)8-6-5-7-10-14/h5-6,9,11,13H,3-4,7-8,10,14H2,1-2H3. The highest BCUT2D eigenvalue weighted by Gasteiger charge is 2.06. The van der Waals surface area contributed by atoms with Crippen LogP contribution in [0.4, 0.5) is 0 Å². The van der Waals surface area contributed by atoms with Gasteiger partial charge in [-0.3, -0.25) is 4.68 Å². The Kier molecular flexibility index (Phi) is 5.86. The maximum atomic E-state index is 5.42. The number of aromatic nitrogens is 2. The predicted octanol–water partition coefficient (Wildman–Crippen LogP) is 2.69. The number of hydrogen-bond donors (Lipinski definition) is 1. The highest BCUT2D eigenvalue weighted by Crippen LogP contribution is 2.14. The first-order valence-corrected chi connectivity index (χ1v) is 6.20. The Hall–Kier alpha value is -1.09. The molecular weight excluding hydrogens is 198 g/mol. The molecule has 0 aliphatic heterocycles. The molecule has 1 aromatic heterocycles. The lowest BCUT2D eigenvalue weighted by atomic mass is 10.2. The van der Waals surface area contributed by atoms with Gasteiger partial charge in [0.25, 0.3) is 0 Å². The van der Waals surface area contributed by atoms with E-state index in [1.54, 1.807) is 0 Å². The largest absolute Gasteiger partial charge is 0.330 e. The van der Waals surface area contributed by atoms with E-state index in [9.17, 15) is 0 Å². The van der Waals surface area contributed by atoms with Gasteiger partial charge in [0.05, 0.1) is 11.7 Å². The van der Waals surface area contributed by atoms with Crippen molar-refractivity contribution in [2.45, 2.75) is 45.6 Å². The highest BCUT2D eigenvalue weighted by molar-refractivity contribution is 5.05. The molecule has 3 heteroatoms. The van der Waals surface area contributed by atoms with Gasteiger partial charge in [0, 0.05) is 12.6 Å². The van der Waals surface area contributed by atoms with Crippen molar-refractivity contribution in [3.05, 3.63) is 30.1 Å². The molecule has 0 spiro atoms. The molecule has 16 heavy (non-hydrogen) atoms. The van der Waals surface area contributed by atoms with E-state index in [0.717, 1.165) is 37.9 Å². The van der Waals surface area contributed by atoms with Crippen molar-refractivity contribution in [3.8, 4) is 0 Å². The fraction of sp³-hybridized carbons (Fsp3) is 0.615. The van der Waals surface area contributed by atoms with Crippen LogP contribution < -0.4 is 5.73 Å². The molecule has 1 rings (SSSR count). The van der Waals surface area contributed by atoms with Crippen molar-refractivity contribution in [2.24, 2.45) is 5.73 Å². The molecule has 0 amide bonds. The van der Waals surface area contributed by atoms with Crippen LogP contribution in [0.25, 0.3) is 0 Å². The van der Waals surface area contributed by atoms with Gasteiger partial charge in [0.1, 0.15) is 0 Å². The molecule has 0 radical (unpaired) electrons. The zero-order chi connectivity index (χ0) is 11.8. The Morgan fingerprint density at radius 3 is 2.75 bits per heavy atom. The van der Waals surface area contributed by atoms with Gasteiger partial charge in [0.15, 0.2) is 0 Å². The molecule has 0 bridgehead atoms. The summed E-state index contributed by atoms with van der Waals surface area (Å²) in [6.45, 7) is 5.13. The Labute approximate surface area is 98.3 Å². The minimum Gasteiger partial charge on any atom is -0.330 e. The third kappa shape index (κ3) is 3.81. The Bertz CT molecular complexity index is 311. The number of allylic oxidation sites excluding steroid dienone is 1. The van der Waals surface area contributed by atoms with Crippen molar-refractivity contribution in [1.29, 1.82) is 0 Å². The first-order chi connectivity index (χ1) is 7.81. The van der Waals surface area contributed by atoms with Gasteiger partial charge < -0.3 is 5.73 Å². The second-order valence-corrected chi connectivity index (χ2v) is 4.01. The van der Waals surface area contributed by atoms with Crippen molar-refractivity contribution < 1.29 is 0 Å². The minimum absolute atomic E-state index is 0.543. The van der Waals surface area contributed by atoms with Gasteiger partial charge >= 0.3 is 0 Å². The Morgan fingerprint density at radius 1 is 1.38 bits per heavy atom. The molecule has 1 aromatic rings. The van der Waals surface area contributed by atoms with Crippen LogP contribution in [0.1, 0.15) is 44.8 Å². The SMILES string of the molecule is CCC(CC)n1ccc(CC=CCCN)n1. The Morgan fingerprint density at radius 2 is 2.12 bits per heavy atom. The third-order valence-electron chi connectivity index (χ3n) is 2.81. The summed E-state index contributed by atoms with van der Waals surface area (Å²) in [5.74, 6) is 0. The number of nitrogens with two attached hydrogens (primary N) is 1. The number of hydrogen-bond acceptors (Lipinski definition) is 2. The fourth-order valence-corrected chi connectivity index (χ4v) is 1.77. The van der Waals surface area contributed by atoms with Gasteiger partial charge in [-0.2, -0.15) is 5.10 Å². The maximum absolute atomic E-state index is 5.42. The second kappa shape index (κ2) is 7.23. The van der Waals surface area contributed by atoms with Gasteiger partial charge in [-0.1, -0.05) is 26.0 Å². The van der Waals surface area contributed by atoms with Crippen LogP contribution in [-0.4, -0.2) is 16.3 Å². The lowest BCUT2D eigenvalue weighted by Crippen LogP contribution is -2.07. The van der Waals surface area contributed by atoms with Crippen LogP contribution in [0.3, 0.4) is 0 Å². The molecule has 2 N–H and O–H groups in total. The molecule has 0 saturated carbocycles. The second-order valence-electron chi connectivity index (χ2n) is 4.01. The van der Waals surface area contributed by atoms with Crippen molar-refractivity contribution >= 4 is 0 Å². The lowest BCUT2D eigenvalue weighted by Gasteiger charge is -2.12. The van der Waals surface area contributed by atoms with Gasteiger partial charge in [-0.25, -0.2) is 0 Å². The normalized spacial score (nSPS) is 11.8. The molecule has 0 atom stereocenters. The lowest BCUT2D eigenvalue weighted by molar-refractivity contribution is 0.426. The minimum atomic E-state index is 0.543. The fourth-order valence-electron chi connectivity index (χ4n) is 1.77. The van der Waals surface area contributed by atoms with Crippen LogP contribution in [0.2, 0.25) is 0 Å². The van der Waals surface area contributed by atoms with Crippen LogP contribution in [0.5, 0.6) is 0 Å². The van der Waals surface area contributed by atoms with E-state index in [4.69, 9.17) is 5.73 Å². The zero-order valence-electron chi connectivity index (χ0n) is 10.4. The summed E-state index contributed by atoms with van der Waals surface area (Å²) in [5.41, 5.74) is 6.56. The first-order valence-electron chi connectivity index (χ1n) is 6.20. The van der Waals surface area contributed by atoms with Crippen molar-refractivity contribution in [3.63, 3.8) is 0 Å². The predicted molar refractivity (Wildman–Crippen MR) is 68.4 cm³/mol. The summed E-state index contributed by atoms with van der Waals surface area (Å²) < 4.78 is 2.09. The molecular formula is C13H23N3. The van der Waals surface area contributed by atoms with Crippen LogP contribution in [0.15, 0.2) is 24.4 Å². The molecule has 0 aliphatic carbocycles. The molecule has 0 fully saturated rings. The molecule has 0 saturated heterocycles. The van der Waals surface area contributed by atoms with E-state index in [0.29, 0.717) is 6.04 Å². The van der Waals surface area contributed by atoms with Crippen molar-refractivity contribution in [1.82, 2.24) is 9.78 Å². The van der Waals surface area contributed by atoms with Crippen molar-refractivity contribution in [2.75, 3.05) is 6.54 Å². The topological polar surface area (TPSA) is 43.8 Å². The average Bonchev–Trinajstić information content (AvgIpc) is 2.75. The number of rotatable bonds is 7. The first kappa shape index (κ1) is 13.0. The molecule has 3 nitrogen and oxygen atoms in total.